The summed E-state index contributed by atoms with van der Waals surface area (Å²) in [6.45, 7) is 0. The quantitative estimate of drug-likeness (QED) is 0.672. The molecule has 0 saturated heterocycles. The molecule has 3 rings (SSSR count). The second kappa shape index (κ2) is 7.02. The number of imidazole rings is 1. The summed E-state index contributed by atoms with van der Waals surface area (Å²) in [4.78, 5) is 15.7. The number of nitrogens with two attached hydrogens (primary N) is 1. The monoisotopic (exact) mass is 387 g/mol. The Balaban J connectivity index is 1.77. The zero-order valence-corrected chi connectivity index (χ0v) is 14.5. The molecule has 1 aromatic heterocycles. The van der Waals surface area contributed by atoms with Gasteiger partial charge in [0.15, 0.2) is 5.16 Å². The number of benzene rings is 2. The van der Waals surface area contributed by atoms with E-state index in [0.717, 1.165) is 20.9 Å². The van der Waals surface area contributed by atoms with Crippen molar-refractivity contribution in [2.45, 2.75) is 10.9 Å². The van der Waals surface area contributed by atoms with Gasteiger partial charge in [-0.25, -0.2) is 4.98 Å². The highest BCUT2D eigenvalue weighted by molar-refractivity contribution is 9.10. The molecule has 23 heavy (non-hydrogen) atoms. The van der Waals surface area contributed by atoms with Crippen LogP contribution in [0.1, 0.15) is 15.9 Å². The van der Waals surface area contributed by atoms with Crippen molar-refractivity contribution < 1.29 is 4.79 Å². The zero-order chi connectivity index (χ0) is 16.2. The van der Waals surface area contributed by atoms with E-state index in [2.05, 4.69) is 20.9 Å². The van der Waals surface area contributed by atoms with Crippen LogP contribution in [0.15, 0.2) is 70.6 Å². The molecule has 0 bridgehead atoms. The third-order valence-corrected chi connectivity index (χ3v) is 4.86. The molecular formula is C17H14BrN3OS. The van der Waals surface area contributed by atoms with Crippen LogP contribution in [0.4, 0.5) is 0 Å². The molecule has 116 valence electrons. The smallest absolute Gasteiger partial charge is 0.248 e. The van der Waals surface area contributed by atoms with E-state index in [1.165, 1.54) is 0 Å². The van der Waals surface area contributed by atoms with Gasteiger partial charge in [-0.05, 0) is 42.0 Å². The van der Waals surface area contributed by atoms with Crippen molar-refractivity contribution in [1.29, 1.82) is 0 Å². The highest BCUT2D eigenvalue weighted by Gasteiger charge is 2.07. The van der Waals surface area contributed by atoms with Crippen LogP contribution in [0.25, 0.3) is 5.69 Å². The Morgan fingerprint density at radius 1 is 1.22 bits per heavy atom. The second-order valence-corrected chi connectivity index (χ2v) is 6.77. The summed E-state index contributed by atoms with van der Waals surface area (Å²) in [5.74, 6) is 0.308. The van der Waals surface area contributed by atoms with E-state index in [4.69, 9.17) is 5.73 Å². The second-order valence-electron chi connectivity index (χ2n) is 4.91. The van der Waals surface area contributed by atoms with Crippen LogP contribution in [0.3, 0.4) is 0 Å². The number of aromatic nitrogens is 2. The number of rotatable bonds is 5. The predicted octanol–water partition coefficient (Wildman–Crippen LogP) is 4.03. The van der Waals surface area contributed by atoms with E-state index >= 15 is 0 Å². The summed E-state index contributed by atoms with van der Waals surface area (Å²) in [6, 6.07) is 15.4. The van der Waals surface area contributed by atoms with Crippen LogP contribution >= 0.6 is 27.7 Å². The van der Waals surface area contributed by atoms with Gasteiger partial charge in [-0.3, -0.25) is 9.36 Å². The lowest BCUT2D eigenvalue weighted by molar-refractivity contribution is 0.1000. The minimum atomic E-state index is -0.409. The van der Waals surface area contributed by atoms with Crippen molar-refractivity contribution in [2.24, 2.45) is 5.73 Å². The Bertz CT molecular complexity index is 830. The van der Waals surface area contributed by atoms with Gasteiger partial charge in [-0.2, -0.15) is 0 Å². The van der Waals surface area contributed by atoms with E-state index in [0.29, 0.717) is 11.3 Å². The van der Waals surface area contributed by atoms with Gasteiger partial charge in [0.2, 0.25) is 5.91 Å². The molecule has 0 aliphatic heterocycles. The van der Waals surface area contributed by atoms with Crippen molar-refractivity contribution in [2.75, 3.05) is 0 Å². The molecule has 0 radical (unpaired) electrons. The van der Waals surface area contributed by atoms with Crippen molar-refractivity contribution >= 4 is 33.6 Å². The first-order valence-corrected chi connectivity index (χ1v) is 8.72. The van der Waals surface area contributed by atoms with Crippen molar-refractivity contribution in [3.05, 3.63) is 76.5 Å². The minimum Gasteiger partial charge on any atom is -0.366 e. The number of halogens is 1. The Morgan fingerprint density at radius 3 is 2.74 bits per heavy atom. The van der Waals surface area contributed by atoms with Crippen molar-refractivity contribution in [3.8, 4) is 5.69 Å². The third-order valence-electron chi connectivity index (χ3n) is 3.29. The molecule has 0 atom stereocenters. The van der Waals surface area contributed by atoms with Crippen LogP contribution < -0.4 is 5.73 Å². The Labute approximate surface area is 146 Å². The fraction of sp³-hybridized carbons (Fsp3) is 0.0588. The first-order valence-electron chi connectivity index (χ1n) is 6.94. The Hall–Kier alpha value is -2.05. The average molecular weight is 388 g/mol. The first-order chi connectivity index (χ1) is 11.1. The molecule has 2 aromatic carbocycles. The van der Waals surface area contributed by atoms with Gasteiger partial charge < -0.3 is 5.73 Å². The molecule has 4 nitrogen and oxygen atoms in total. The van der Waals surface area contributed by atoms with Crippen molar-refractivity contribution in [1.82, 2.24) is 9.55 Å². The van der Waals surface area contributed by atoms with E-state index in [-0.39, 0.29) is 0 Å². The van der Waals surface area contributed by atoms with Crippen LogP contribution in [0.2, 0.25) is 0 Å². The summed E-state index contributed by atoms with van der Waals surface area (Å²) in [5.41, 5.74) is 7.94. The molecule has 0 unspecified atom stereocenters. The number of thioether (sulfide) groups is 1. The Morgan fingerprint density at radius 2 is 2.00 bits per heavy atom. The Kier molecular flexibility index (Phi) is 4.83. The average Bonchev–Trinajstić information content (AvgIpc) is 3.02. The fourth-order valence-corrected chi connectivity index (χ4v) is 3.34. The fourth-order valence-electron chi connectivity index (χ4n) is 2.16. The van der Waals surface area contributed by atoms with E-state index in [1.807, 2.05) is 53.2 Å². The van der Waals surface area contributed by atoms with Crippen LogP contribution in [-0.2, 0) is 5.75 Å². The molecule has 1 amide bonds. The molecule has 6 heteroatoms. The van der Waals surface area contributed by atoms with Gasteiger partial charge in [0.1, 0.15) is 0 Å². The van der Waals surface area contributed by atoms with Crippen LogP contribution in [0.5, 0.6) is 0 Å². The maximum absolute atomic E-state index is 11.2. The van der Waals surface area contributed by atoms with Gasteiger partial charge in [-0.1, -0.05) is 39.8 Å². The van der Waals surface area contributed by atoms with Gasteiger partial charge in [0.25, 0.3) is 0 Å². The van der Waals surface area contributed by atoms with Gasteiger partial charge in [0, 0.05) is 33.9 Å². The van der Waals surface area contributed by atoms with Gasteiger partial charge >= 0.3 is 0 Å². The third kappa shape index (κ3) is 3.83. The summed E-state index contributed by atoms with van der Waals surface area (Å²) < 4.78 is 3.08. The summed E-state index contributed by atoms with van der Waals surface area (Å²) in [6.07, 6.45) is 3.72. The molecule has 3 aromatic rings. The number of primary amides is 1. The molecule has 0 aliphatic carbocycles. The number of nitrogens with zero attached hydrogens (tertiary/aromatic N) is 2. The largest absolute Gasteiger partial charge is 0.366 e. The molecule has 1 heterocycles. The predicted molar refractivity (Wildman–Crippen MR) is 95.8 cm³/mol. The maximum atomic E-state index is 11.2. The molecule has 0 fully saturated rings. The van der Waals surface area contributed by atoms with Crippen molar-refractivity contribution in [3.63, 3.8) is 0 Å². The van der Waals surface area contributed by atoms with Crippen LogP contribution in [0, 0.1) is 0 Å². The van der Waals surface area contributed by atoms with E-state index in [9.17, 15) is 4.79 Å². The summed E-state index contributed by atoms with van der Waals surface area (Å²) >= 11 is 5.05. The topological polar surface area (TPSA) is 60.9 Å². The molecule has 0 spiro atoms. The molecule has 0 aliphatic rings. The summed E-state index contributed by atoms with van der Waals surface area (Å²) in [7, 11) is 0. The highest BCUT2D eigenvalue weighted by atomic mass is 79.9. The molecule has 2 N–H and O–H groups in total. The lowest BCUT2D eigenvalue weighted by Gasteiger charge is -2.08. The van der Waals surface area contributed by atoms with Gasteiger partial charge in [0.05, 0.1) is 0 Å². The molecule has 0 saturated carbocycles. The standard InChI is InChI=1S/C17H14BrN3OS/c18-14-4-6-15(7-5-14)21-9-8-20-17(21)23-11-12-2-1-3-13(10-12)16(19)22/h1-10H,11H2,(H2,19,22). The number of hydrogen-bond donors (Lipinski definition) is 1. The normalized spacial score (nSPS) is 10.7. The first kappa shape index (κ1) is 15.8. The SMILES string of the molecule is NC(=O)c1cccc(CSc2nccn2-c2ccc(Br)cc2)c1. The minimum absolute atomic E-state index is 0.409. The zero-order valence-electron chi connectivity index (χ0n) is 12.1. The van der Waals surface area contributed by atoms with Crippen LogP contribution in [-0.4, -0.2) is 15.5 Å². The highest BCUT2D eigenvalue weighted by Crippen LogP contribution is 2.25. The summed E-state index contributed by atoms with van der Waals surface area (Å²) in [5, 5.41) is 0.900. The maximum Gasteiger partial charge on any atom is 0.248 e. The van der Waals surface area contributed by atoms with E-state index in [1.54, 1.807) is 24.0 Å². The molecular weight excluding hydrogens is 374 g/mol. The van der Waals surface area contributed by atoms with Gasteiger partial charge in [-0.15, -0.1) is 0 Å². The number of carbonyl (C=O) groups excluding carboxylic acids is 1. The lowest BCUT2D eigenvalue weighted by atomic mass is 10.1. The lowest BCUT2D eigenvalue weighted by Crippen LogP contribution is -2.10. The number of hydrogen-bond acceptors (Lipinski definition) is 3. The number of amides is 1. The van der Waals surface area contributed by atoms with E-state index < -0.39 is 5.91 Å². The number of carbonyl (C=O) groups is 1.